The Balaban J connectivity index is 3.05. The van der Waals surface area contributed by atoms with Crippen LogP contribution >= 0.6 is 0 Å². The van der Waals surface area contributed by atoms with E-state index >= 15 is 0 Å². The van der Waals surface area contributed by atoms with E-state index in [9.17, 15) is 4.79 Å². The number of nitrogens with two attached hydrogens (primary N) is 1. The van der Waals surface area contributed by atoms with Gasteiger partial charge in [0.1, 0.15) is 0 Å². The number of ether oxygens (including phenoxy) is 1. The molecule has 0 aliphatic rings. The molecule has 0 saturated heterocycles. The first-order valence-electron chi connectivity index (χ1n) is 2.90. The molecule has 0 bridgehead atoms. The van der Waals surface area contributed by atoms with Gasteiger partial charge in [-0.05, 0) is 0 Å². The molecule has 6 nitrogen and oxygen atoms in total. The molecular formula is C5H8N4O2. The topological polar surface area (TPSA) is 83.0 Å². The van der Waals surface area contributed by atoms with Crippen LogP contribution in [0.25, 0.3) is 0 Å². The fourth-order valence-electron chi connectivity index (χ4n) is 0.652. The standard InChI is InChI=1S/C5H8N4O2/c1-9-5(11-2)7-4(8-9)3(6)10/h1-2H3,(H2,6,10). The number of carbonyl (C=O) groups excluding carboxylic acids is 1. The summed E-state index contributed by atoms with van der Waals surface area (Å²) < 4.78 is 6.09. The number of aryl methyl sites for hydroxylation is 1. The number of methoxy groups -OCH3 is 1. The Morgan fingerprint density at radius 1 is 1.73 bits per heavy atom. The largest absolute Gasteiger partial charge is 0.467 e. The van der Waals surface area contributed by atoms with Crippen molar-refractivity contribution in [2.75, 3.05) is 7.11 Å². The lowest BCUT2D eigenvalue weighted by Crippen LogP contribution is -2.13. The van der Waals surface area contributed by atoms with Crippen LogP contribution in [-0.2, 0) is 7.05 Å². The lowest BCUT2D eigenvalue weighted by molar-refractivity contribution is 0.0990. The van der Waals surface area contributed by atoms with Crippen LogP contribution in [0.4, 0.5) is 0 Å². The van der Waals surface area contributed by atoms with Crippen LogP contribution in [0, 0.1) is 0 Å². The van der Waals surface area contributed by atoms with E-state index in [1.165, 1.54) is 11.8 Å². The zero-order valence-corrected chi connectivity index (χ0v) is 6.24. The maximum atomic E-state index is 10.5. The molecule has 0 aromatic carbocycles. The highest BCUT2D eigenvalue weighted by molar-refractivity contribution is 5.88. The summed E-state index contributed by atoms with van der Waals surface area (Å²) >= 11 is 0. The molecule has 60 valence electrons. The van der Waals surface area contributed by atoms with Gasteiger partial charge in [0.05, 0.1) is 7.11 Å². The molecule has 0 fully saturated rings. The Hall–Kier alpha value is -1.59. The monoisotopic (exact) mass is 156 g/mol. The van der Waals surface area contributed by atoms with Crippen LogP contribution in [0.1, 0.15) is 10.6 Å². The molecule has 1 rings (SSSR count). The minimum atomic E-state index is -0.663. The summed E-state index contributed by atoms with van der Waals surface area (Å²) in [5, 5.41) is 3.69. The number of rotatable bonds is 2. The van der Waals surface area contributed by atoms with Crippen LogP contribution in [0.2, 0.25) is 0 Å². The number of amides is 1. The zero-order valence-electron chi connectivity index (χ0n) is 6.24. The Labute approximate surface area is 63.0 Å². The van der Waals surface area contributed by atoms with Crippen molar-refractivity contribution < 1.29 is 9.53 Å². The molecule has 2 N–H and O–H groups in total. The van der Waals surface area contributed by atoms with Gasteiger partial charge in [-0.25, -0.2) is 4.68 Å². The Kier molecular flexibility index (Phi) is 1.75. The molecule has 1 aromatic rings. The third kappa shape index (κ3) is 1.28. The van der Waals surface area contributed by atoms with E-state index in [-0.39, 0.29) is 11.8 Å². The highest BCUT2D eigenvalue weighted by Gasteiger charge is 2.10. The molecule has 0 spiro atoms. The van der Waals surface area contributed by atoms with Gasteiger partial charge < -0.3 is 10.5 Å². The first-order valence-corrected chi connectivity index (χ1v) is 2.90. The highest BCUT2D eigenvalue weighted by Crippen LogP contribution is 2.03. The average molecular weight is 156 g/mol. The van der Waals surface area contributed by atoms with Crippen molar-refractivity contribution >= 4 is 5.91 Å². The number of carbonyl (C=O) groups is 1. The molecule has 0 aliphatic heterocycles. The van der Waals surface area contributed by atoms with Crippen molar-refractivity contribution in [3.63, 3.8) is 0 Å². The van der Waals surface area contributed by atoms with E-state index in [1.54, 1.807) is 7.05 Å². The lowest BCUT2D eigenvalue weighted by atomic mass is 10.6. The van der Waals surface area contributed by atoms with Gasteiger partial charge in [-0.2, -0.15) is 4.98 Å². The first-order chi connectivity index (χ1) is 5.15. The van der Waals surface area contributed by atoms with E-state index < -0.39 is 5.91 Å². The van der Waals surface area contributed by atoms with Crippen LogP contribution in [-0.4, -0.2) is 27.8 Å². The molecule has 0 radical (unpaired) electrons. The molecule has 6 heteroatoms. The summed E-state index contributed by atoms with van der Waals surface area (Å²) in [5.74, 6) is -0.701. The molecule has 0 atom stereocenters. The summed E-state index contributed by atoms with van der Waals surface area (Å²) in [6, 6.07) is 0.263. The third-order valence-corrected chi connectivity index (χ3v) is 1.13. The Morgan fingerprint density at radius 2 is 2.36 bits per heavy atom. The highest BCUT2D eigenvalue weighted by atomic mass is 16.5. The van der Waals surface area contributed by atoms with Crippen LogP contribution in [0.3, 0.4) is 0 Å². The second-order valence-corrected chi connectivity index (χ2v) is 1.91. The number of hydrogen-bond donors (Lipinski definition) is 1. The van der Waals surface area contributed by atoms with Gasteiger partial charge in [-0.1, -0.05) is 0 Å². The molecule has 1 amide bonds. The second-order valence-electron chi connectivity index (χ2n) is 1.91. The molecule has 0 aliphatic carbocycles. The Morgan fingerprint density at radius 3 is 2.64 bits per heavy atom. The van der Waals surface area contributed by atoms with E-state index in [1.807, 2.05) is 0 Å². The molecule has 11 heavy (non-hydrogen) atoms. The summed E-state index contributed by atoms with van der Waals surface area (Å²) in [6.07, 6.45) is 0. The summed E-state index contributed by atoms with van der Waals surface area (Å²) in [6.45, 7) is 0. The van der Waals surface area contributed by atoms with Crippen molar-refractivity contribution in [3.8, 4) is 6.01 Å². The van der Waals surface area contributed by atoms with Gasteiger partial charge in [0.25, 0.3) is 5.91 Å². The van der Waals surface area contributed by atoms with Gasteiger partial charge in [0.15, 0.2) is 0 Å². The zero-order chi connectivity index (χ0) is 8.43. The van der Waals surface area contributed by atoms with Gasteiger partial charge in [-0.3, -0.25) is 4.79 Å². The van der Waals surface area contributed by atoms with Crippen LogP contribution in [0.15, 0.2) is 0 Å². The van der Waals surface area contributed by atoms with E-state index in [0.29, 0.717) is 0 Å². The number of primary amides is 1. The molecule has 0 unspecified atom stereocenters. The fourth-order valence-corrected chi connectivity index (χ4v) is 0.652. The van der Waals surface area contributed by atoms with Gasteiger partial charge in [0.2, 0.25) is 5.82 Å². The maximum absolute atomic E-state index is 10.5. The SMILES string of the molecule is COc1nc(C(N)=O)nn1C. The quantitative estimate of drug-likeness (QED) is 0.590. The van der Waals surface area contributed by atoms with Crippen molar-refractivity contribution in [3.05, 3.63) is 5.82 Å². The molecule has 1 aromatic heterocycles. The van der Waals surface area contributed by atoms with Crippen molar-refractivity contribution in [1.82, 2.24) is 14.8 Å². The fraction of sp³-hybridized carbons (Fsp3) is 0.400. The van der Waals surface area contributed by atoms with Crippen molar-refractivity contribution in [2.24, 2.45) is 12.8 Å². The maximum Gasteiger partial charge on any atom is 0.314 e. The lowest BCUT2D eigenvalue weighted by Gasteiger charge is -1.92. The van der Waals surface area contributed by atoms with Crippen molar-refractivity contribution in [1.29, 1.82) is 0 Å². The van der Waals surface area contributed by atoms with Crippen molar-refractivity contribution in [2.45, 2.75) is 0 Å². The van der Waals surface area contributed by atoms with E-state index in [4.69, 9.17) is 10.5 Å². The second kappa shape index (κ2) is 2.57. The van der Waals surface area contributed by atoms with E-state index in [0.717, 1.165) is 0 Å². The summed E-state index contributed by atoms with van der Waals surface area (Å²) in [5.41, 5.74) is 4.92. The molecule has 0 saturated carbocycles. The van der Waals surface area contributed by atoms with Crippen LogP contribution < -0.4 is 10.5 Å². The minimum Gasteiger partial charge on any atom is -0.467 e. The predicted octanol–water partition coefficient (Wildman–Crippen LogP) is -1.08. The number of aromatic nitrogens is 3. The third-order valence-electron chi connectivity index (χ3n) is 1.13. The predicted molar refractivity (Wildman–Crippen MR) is 36.1 cm³/mol. The first kappa shape index (κ1) is 7.52. The number of hydrogen-bond acceptors (Lipinski definition) is 4. The molecule has 1 heterocycles. The normalized spacial score (nSPS) is 9.64. The Bertz CT molecular complexity index is 280. The van der Waals surface area contributed by atoms with Crippen LogP contribution in [0.5, 0.6) is 6.01 Å². The van der Waals surface area contributed by atoms with Gasteiger partial charge in [-0.15, -0.1) is 5.10 Å². The average Bonchev–Trinajstić information content (AvgIpc) is 2.31. The van der Waals surface area contributed by atoms with E-state index in [2.05, 4.69) is 10.1 Å². The summed E-state index contributed by atoms with van der Waals surface area (Å²) in [7, 11) is 3.05. The smallest absolute Gasteiger partial charge is 0.314 e. The number of nitrogens with zero attached hydrogens (tertiary/aromatic N) is 3. The van der Waals surface area contributed by atoms with Gasteiger partial charge >= 0.3 is 6.01 Å². The molecular weight excluding hydrogens is 148 g/mol. The minimum absolute atomic E-state index is 0.0376. The summed E-state index contributed by atoms with van der Waals surface area (Å²) in [4.78, 5) is 14.2. The van der Waals surface area contributed by atoms with Gasteiger partial charge in [0, 0.05) is 7.05 Å².